The van der Waals surface area contributed by atoms with Gasteiger partial charge in [0.25, 0.3) is 0 Å². The van der Waals surface area contributed by atoms with Gasteiger partial charge in [-0.2, -0.15) is 13.2 Å². The number of nitrogens with one attached hydrogen (secondary N) is 1. The van der Waals surface area contributed by atoms with Crippen LogP contribution in [0.4, 0.5) is 18.9 Å². The van der Waals surface area contributed by atoms with Gasteiger partial charge in [-0.1, -0.05) is 12.5 Å². The molecule has 114 valence electrons. The summed E-state index contributed by atoms with van der Waals surface area (Å²) in [5, 5.41) is 2.60. The highest BCUT2D eigenvalue weighted by Gasteiger charge is 2.40. The first-order valence-corrected chi connectivity index (χ1v) is 7.39. The highest BCUT2D eigenvalue weighted by Crippen LogP contribution is 2.49. The molecule has 2 fully saturated rings. The molecule has 0 aliphatic heterocycles. The van der Waals surface area contributed by atoms with E-state index < -0.39 is 11.7 Å². The molecule has 2 aliphatic carbocycles. The van der Waals surface area contributed by atoms with Crippen LogP contribution in [0.1, 0.15) is 37.7 Å². The van der Waals surface area contributed by atoms with Crippen molar-refractivity contribution in [1.29, 1.82) is 0 Å². The zero-order chi connectivity index (χ0) is 15.0. The van der Waals surface area contributed by atoms with Crippen molar-refractivity contribution in [1.82, 2.24) is 0 Å². The molecule has 2 bridgehead atoms. The van der Waals surface area contributed by atoms with Gasteiger partial charge in [0, 0.05) is 12.1 Å². The van der Waals surface area contributed by atoms with Crippen LogP contribution in [-0.4, -0.2) is 5.91 Å². The Hall–Kier alpha value is -1.52. The summed E-state index contributed by atoms with van der Waals surface area (Å²) in [5.41, 5.74) is -0.516. The monoisotopic (exact) mass is 297 g/mol. The summed E-state index contributed by atoms with van der Waals surface area (Å²) in [6, 6.07) is 4.80. The number of benzene rings is 1. The lowest BCUT2D eigenvalue weighted by atomic mass is 9.86. The SMILES string of the molecule is O=C(C[C@@H]1C[C@H]2CC[C@@H]1C2)Nc1cccc(C(F)(F)F)c1. The number of hydrogen-bond acceptors (Lipinski definition) is 1. The Bertz CT molecular complexity index is 541. The Morgan fingerprint density at radius 3 is 2.67 bits per heavy atom. The summed E-state index contributed by atoms with van der Waals surface area (Å²) < 4.78 is 37.9. The fourth-order valence-electron chi connectivity index (χ4n) is 3.85. The van der Waals surface area contributed by atoms with Gasteiger partial charge in [-0.25, -0.2) is 0 Å². The predicted molar refractivity (Wildman–Crippen MR) is 73.6 cm³/mol. The molecule has 1 aromatic carbocycles. The Labute approximate surface area is 121 Å². The molecule has 5 heteroatoms. The fraction of sp³-hybridized carbons (Fsp3) is 0.562. The quantitative estimate of drug-likeness (QED) is 0.876. The summed E-state index contributed by atoms with van der Waals surface area (Å²) >= 11 is 0. The van der Waals surface area contributed by atoms with Crippen molar-refractivity contribution in [2.45, 2.75) is 38.3 Å². The summed E-state index contributed by atoms with van der Waals surface area (Å²) in [4.78, 5) is 12.0. The molecule has 3 atom stereocenters. The van der Waals surface area contributed by atoms with E-state index in [1.165, 1.54) is 31.4 Å². The smallest absolute Gasteiger partial charge is 0.326 e. The Morgan fingerprint density at radius 1 is 1.24 bits per heavy atom. The Balaban J connectivity index is 1.60. The van der Waals surface area contributed by atoms with Crippen LogP contribution in [0.5, 0.6) is 0 Å². The number of anilines is 1. The highest BCUT2D eigenvalue weighted by molar-refractivity contribution is 5.91. The molecule has 0 heterocycles. The number of alkyl halides is 3. The largest absolute Gasteiger partial charge is 0.416 e. The molecular formula is C16H18F3NO. The number of rotatable bonds is 3. The van der Waals surface area contributed by atoms with Gasteiger partial charge in [0.2, 0.25) is 5.91 Å². The van der Waals surface area contributed by atoms with E-state index in [0.717, 1.165) is 24.5 Å². The van der Waals surface area contributed by atoms with Crippen molar-refractivity contribution in [2.24, 2.45) is 17.8 Å². The second-order valence-corrected chi connectivity index (χ2v) is 6.27. The molecule has 0 radical (unpaired) electrons. The predicted octanol–water partition coefficient (Wildman–Crippen LogP) is 4.47. The van der Waals surface area contributed by atoms with Crippen LogP contribution in [0.25, 0.3) is 0 Å². The van der Waals surface area contributed by atoms with Gasteiger partial charge in [0.15, 0.2) is 0 Å². The first-order valence-electron chi connectivity index (χ1n) is 7.39. The average molecular weight is 297 g/mol. The van der Waals surface area contributed by atoms with Crippen molar-refractivity contribution in [3.8, 4) is 0 Å². The van der Waals surface area contributed by atoms with E-state index in [0.29, 0.717) is 18.3 Å². The first-order chi connectivity index (χ1) is 9.91. The minimum atomic E-state index is -4.38. The van der Waals surface area contributed by atoms with E-state index in [1.807, 2.05) is 0 Å². The standard InChI is InChI=1S/C16H18F3NO/c17-16(18,19)13-2-1-3-14(9-13)20-15(21)8-12-7-10-4-5-11(12)6-10/h1-3,9-12H,4-8H2,(H,20,21)/t10-,11+,12-/m0/s1. The molecule has 2 nitrogen and oxygen atoms in total. The third-order valence-corrected chi connectivity index (χ3v) is 4.81. The topological polar surface area (TPSA) is 29.1 Å². The molecule has 1 aromatic rings. The molecule has 21 heavy (non-hydrogen) atoms. The number of amides is 1. The molecular weight excluding hydrogens is 279 g/mol. The van der Waals surface area contributed by atoms with Crippen LogP contribution in [0.2, 0.25) is 0 Å². The van der Waals surface area contributed by atoms with Crippen LogP contribution in [0, 0.1) is 17.8 Å². The van der Waals surface area contributed by atoms with Gasteiger partial charge in [-0.3, -0.25) is 4.79 Å². The van der Waals surface area contributed by atoms with E-state index in [4.69, 9.17) is 0 Å². The number of carbonyl (C=O) groups is 1. The normalized spacial score (nSPS) is 27.9. The van der Waals surface area contributed by atoms with Gasteiger partial charge in [-0.15, -0.1) is 0 Å². The minimum absolute atomic E-state index is 0.174. The number of fused-ring (bicyclic) bond motifs is 2. The van der Waals surface area contributed by atoms with Crippen molar-refractivity contribution >= 4 is 11.6 Å². The Morgan fingerprint density at radius 2 is 2.05 bits per heavy atom. The molecule has 1 N–H and O–H groups in total. The minimum Gasteiger partial charge on any atom is -0.326 e. The zero-order valence-electron chi connectivity index (χ0n) is 11.6. The summed E-state index contributed by atoms with van der Waals surface area (Å²) in [6.07, 6.45) is 0.841. The van der Waals surface area contributed by atoms with Crippen LogP contribution in [0.15, 0.2) is 24.3 Å². The average Bonchev–Trinajstić information content (AvgIpc) is 3.00. The molecule has 0 unspecified atom stereocenters. The van der Waals surface area contributed by atoms with E-state index >= 15 is 0 Å². The van der Waals surface area contributed by atoms with Crippen molar-refractivity contribution in [3.05, 3.63) is 29.8 Å². The zero-order valence-corrected chi connectivity index (χ0v) is 11.6. The number of carbonyl (C=O) groups excluding carboxylic acids is 1. The van der Waals surface area contributed by atoms with Crippen molar-refractivity contribution in [2.75, 3.05) is 5.32 Å². The van der Waals surface area contributed by atoms with Gasteiger partial charge in [0.1, 0.15) is 0 Å². The van der Waals surface area contributed by atoms with Gasteiger partial charge < -0.3 is 5.32 Å². The number of hydrogen-bond donors (Lipinski definition) is 1. The molecule has 0 spiro atoms. The maximum absolute atomic E-state index is 12.6. The third-order valence-electron chi connectivity index (χ3n) is 4.81. The maximum Gasteiger partial charge on any atom is 0.416 e. The van der Waals surface area contributed by atoms with Crippen molar-refractivity contribution < 1.29 is 18.0 Å². The highest BCUT2D eigenvalue weighted by atomic mass is 19.4. The second kappa shape index (κ2) is 5.35. The van der Waals surface area contributed by atoms with E-state index in [1.54, 1.807) is 0 Å². The first kappa shape index (κ1) is 14.4. The molecule has 1 amide bonds. The van der Waals surface area contributed by atoms with Gasteiger partial charge in [0.05, 0.1) is 5.56 Å². The van der Waals surface area contributed by atoms with Crippen LogP contribution >= 0.6 is 0 Å². The number of halogens is 3. The summed E-state index contributed by atoms with van der Waals surface area (Å²) in [5.74, 6) is 1.64. The van der Waals surface area contributed by atoms with E-state index in [9.17, 15) is 18.0 Å². The lowest BCUT2D eigenvalue weighted by molar-refractivity contribution is -0.137. The van der Waals surface area contributed by atoms with Gasteiger partial charge >= 0.3 is 6.18 Å². The molecule has 0 saturated heterocycles. The maximum atomic E-state index is 12.6. The fourth-order valence-corrected chi connectivity index (χ4v) is 3.85. The summed E-state index contributed by atoms with van der Waals surface area (Å²) in [7, 11) is 0. The molecule has 2 aliphatic rings. The van der Waals surface area contributed by atoms with Crippen LogP contribution < -0.4 is 5.32 Å². The Kier molecular flexibility index (Phi) is 3.68. The molecule has 3 rings (SSSR count). The second-order valence-electron chi connectivity index (χ2n) is 6.27. The van der Waals surface area contributed by atoms with Crippen LogP contribution in [-0.2, 0) is 11.0 Å². The lowest BCUT2D eigenvalue weighted by Gasteiger charge is -2.21. The molecule has 0 aromatic heterocycles. The van der Waals surface area contributed by atoms with E-state index in [-0.39, 0.29) is 11.6 Å². The van der Waals surface area contributed by atoms with Crippen LogP contribution in [0.3, 0.4) is 0 Å². The summed E-state index contributed by atoms with van der Waals surface area (Å²) in [6.45, 7) is 0. The lowest BCUT2D eigenvalue weighted by Crippen LogP contribution is -2.20. The van der Waals surface area contributed by atoms with Gasteiger partial charge in [-0.05, 0) is 55.2 Å². The van der Waals surface area contributed by atoms with Crippen molar-refractivity contribution in [3.63, 3.8) is 0 Å². The molecule has 2 saturated carbocycles. The van der Waals surface area contributed by atoms with E-state index in [2.05, 4.69) is 5.32 Å². The third kappa shape index (κ3) is 3.22.